The molecule has 0 bridgehead atoms. The summed E-state index contributed by atoms with van der Waals surface area (Å²) >= 11 is 0. The zero-order chi connectivity index (χ0) is 15.4. The quantitative estimate of drug-likeness (QED) is 0.895. The predicted octanol–water partition coefficient (Wildman–Crippen LogP) is 1.61. The highest BCUT2D eigenvalue weighted by molar-refractivity contribution is 5.81. The Balaban J connectivity index is 2.32. The third-order valence-corrected chi connectivity index (χ3v) is 3.95. The number of piperidine rings is 1. The number of carbonyl (C=O) groups excluding carboxylic acids is 1. The Hall–Kier alpha value is -1.88. The lowest BCUT2D eigenvalue weighted by atomic mass is 9.84. The van der Waals surface area contributed by atoms with E-state index in [0.717, 1.165) is 12.1 Å². The number of benzene rings is 1. The van der Waals surface area contributed by atoms with Gasteiger partial charge in [0.1, 0.15) is 0 Å². The molecular weight excluding hydrogens is 268 g/mol. The van der Waals surface area contributed by atoms with Gasteiger partial charge in [0.15, 0.2) is 0 Å². The highest BCUT2D eigenvalue weighted by Crippen LogP contribution is 2.36. The van der Waals surface area contributed by atoms with E-state index in [-0.39, 0.29) is 11.9 Å². The fourth-order valence-electron chi connectivity index (χ4n) is 2.85. The van der Waals surface area contributed by atoms with E-state index in [4.69, 9.17) is 0 Å². The largest absolute Gasteiger partial charge is 0.481 e. The fraction of sp³-hybridized carbons (Fsp3) is 0.500. The zero-order valence-corrected chi connectivity index (χ0v) is 12.5. The van der Waals surface area contributed by atoms with Gasteiger partial charge in [0.25, 0.3) is 0 Å². The van der Waals surface area contributed by atoms with Gasteiger partial charge in [-0.3, -0.25) is 9.59 Å². The van der Waals surface area contributed by atoms with Crippen molar-refractivity contribution in [1.29, 1.82) is 0 Å². The highest BCUT2D eigenvalue weighted by atomic mass is 16.4. The van der Waals surface area contributed by atoms with Crippen LogP contribution >= 0.6 is 0 Å². The van der Waals surface area contributed by atoms with Crippen LogP contribution in [0.4, 0.5) is 0 Å². The maximum absolute atomic E-state index is 12.3. The Kier molecular flexibility index (Phi) is 4.96. The highest BCUT2D eigenvalue weighted by Gasteiger charge is 2.40. The van der Waals surface area contributed by atoms with Crippen LogP contribution < -0.4 is 0 Å². The molecule has 0 radical (unpaired) electrons. The Labute approximate surface area is 125 Å². The van der Waals surface area contributed by atoms with Crippen LogP contribution in [0.5, 0.6) is 0 Å². The first-order chi connectivity index (χ1) is 10.0. The Morgan fingerprint density at radius 1 is 1.33 bits per heavy atom. The summed E-state index contributed by atoms with van der Waals surface area (Å²) in [4.78, 5) is 27.6. The van der Waals surface area contributed by atoms with Crippen molar-refractivity contribution in [2.24, 2.45) is 5.92 Å². The average molecular weight is 290 g/mol. The van der Waals surface area contributed by atoms with E-state index in [2.05, 4.69) is 0 Å². The SMILES string of the molecule is CN(C)CCN1C(=O)CCC(C(=O)O)C1c1ccccc1. The first kappa shape index (κ1) is 15.5. The molecule has 1 aliphatic heterocycles. The summed E-state index contributed by atoms with van der Waals surface area (Å²) in [6.45, 7) is 1.27. The van der Waals surface area contributed by atoms with Crippen molar-refractivity contribution in [2.75, 3.05) is 27.2 Å². The number of likely N-dealkylation sites (N-methyl/N-ethyl adjacent to an activating group) is 1. The standard InChI is InChI=1S/C16H22N2O3/c1-17(2)10-11-18-14(19)9-8-13(16(20)21)15(18)12-6-4-3-5-7-12/h3-7,13,15H,8-11H2,1-2H3,(H,20,21). The molecule has 2 unspecified atom stereocenters. The van der Waals surface area contributed by atoms with E-state index in [1.54, 1.807) is 4.90 Å². The Morgan fingerprint density at radius 3 is 2.57 bits per heavy atom. The molecule has 1 aromatic carbocycles. The summed E-state index contributed by atoms with van der Waals surface area (Å²) in [5, 5.41) is 9.50. The van der Waals surface area contributed by atoms with Crippen molar-refractivity contribution in [3.8, 4) is 0 Å². The molecule has 1 saturated heterocycles. The number of likely N-dealkylation sites (tertiary alicyclic amines) is 1. The number of hydrogen-bond donors (Lipinski definition) is 1. The number of hydrogen-bond acceptors (Lipinski definition) is 3. The molecule has 5 heteroatoms. The number of aliphatic carboxylic acids is 1. The summed E-state index contributed by atoms with van der Waals surface area (Å²) in [6, 6.07) is 9.11. The normalized spacial score (nSPS) is 22.6. The lowest BCUT2D eigenvalue weighted by Gasteiger charge is -2.40. The van der Waals surface area contributed by atoms with Gasteiger partial charge in [0, 0.05) is 19.5 Å². The molecule has 1 N–H and O–H groups in total. The summed E-state index contributed by atoms with van der Waals surface area (Å²) in [5.74, 6) is -1.32. The molecule has 1 fully saturated rings. The second-order valence-electron chi connectivity index (χ2n) is 5.73. The van der Waals surface area contributed by atoms with E-state index < -0.39 is 11.9 Å². The van der Waals surface area contributed by atoms with Crippen LogP contribution in [-0.4, -0.2) is 54.0 Å². The van der Waals surface area contributed by atoms with Gasteiger partial charge >= 0.3 is 5.97 Å². The summed E-state index contributed by atoms with van der Waals surface area (Å²) < 4.78 is 0. The Morgan fingerprint density at radius 2 is 2.00 bits per heavy atom. The smallest absolute Gasteiger partial charge is 0.308 e. The first-order valence-corrected chi connectivity index (χ1v) is 7.22. The van der Waals surface area contributed by atoms with E-state index >= 15 is 0 Å². The zero-order valence-electron chi connectivity index (χ0n) is 12.5. The van der Waals surface area contributed by atoms with Crippen molar-refractivity contribution < 1.29 is 14.7 Å². The minimum atomic E-state index is -0.828. The van der Waals surface area contributed by atoms with Gasteiger partial charge in [-0.15, -0.1) is 0 Å². The summed E-state index contributed by atoms with van der Waals surface area (Å²) in [7, 11) is 3.89. The molecule has 1 amide bonds. The van der Waals surface area contributed by atoms with Crippen molar-refractivity contribution >= 4 is 11.9 Å². The number of carboxylic acid groups (broad SMARTS) is 1. The molecule has 0 spiro atoms. The van der Waals surface area contributed by atoms with Crippen LogP contribution in [0.15, 0.2) is 30.3 Å². The number of carboxylic acids is 1. The van der Waals surface area contributed by atoms with E-state index in [0.29, 0.717) is 19.4 Å². The van der Waals surface area contributed by atoms with Crippen molar-refractivity contribution in [3.05, 3.63) is 35.9 Å². The lowest BCUT2D eigenvalue weighted by molar-refractivity contribution is -0.152. The maximum atomic E-state index is 12.3. The lowest BCUT2D eigenvalue weighted by Crippen LogP contribution is -2.47. The number of carbonyl (C=O) groups is 2. The topological polar surface area (TPSA) is 60.9 Å². The van der Waals surface area contributed by atoms with E-state index in [1.165, 1.54) is 0 Å². The van der Waals surface area contributed by atoms with Gasteiger partial charge in [-0.2, -0.15) is 0 Å². The predicted molar refractivity (Wildman–Crippen MR) is 79.8 cm³/mol. The molecule has 5 nitrogen and oxygen atoms in total. The molecule has 0 saturated carbocycles. The van der Waals surface area contributed by atoms with Gasteiger partial charge in [0.2, 0.25) is 5.91 Å². The van der Waals surface area contributed by atoms with Crippen LogP contribution in [0.3, 0.4) is 0 Å². The second kappa shape index (κ2) is 6.72. The third-order valence-electron chi connectivity index (χ3n) is 3.95. The van der Waals surface area contributed by atoms with Crippen LogP contribution in [0.25, 0.3) is 0 Å². The van der Waals surface area contributed by atoms with Gasteiger partial charge in [-0.25, -0.2) is 0 Å². The molecule has 0 aromatic heterocycles. The average Bonchev–Trinajstić information content (AvgIpc) is 2.46. The molecule has 1 aromatic rings. The maximum Gasteiger partial charge on any atom is 0.308 e. The molecule has 2 rings (SSSR count). The monoisotopic (exact) mass is 290 g/mol. The minimum Gasteiger partial charge on any atom is -0.481 e. The third kappa shape index (κ3) is 3.61. The molecule has 1 aliphatic rings. The van der Waals surface area contributed by atoms with Crippen LogP contribution in [0, 0.1) is 5.92 Å². The molecule has 2 atom stereocenters. The van der Waals surface area contributed by atoms with Gasteiger partial charge in [-0.05, 0) is 26.1 Å². The summed E-state index contributed by atoms with van der Waals surface area (Å²) in [6.07, 6.45) is 0.722. The van der Waals surface area contributed by atoms with Crippen LogP contribution in [0.1, 0.15) is 24.4 Å². The minimum absolute atomic E-state index is 0.0446. The second-order valence-corrected chi connectivity index (χ2v) is 5.73. The van der Waals surface area contributed by atoms with Gasteiger partial charge < -0.3 is 14.9 Å². The summed E-state index contributed by atoms with van der Waals surface area (Å²) in [5.41, 5.74) is 0.900. The molecule has 0 aliphatic carbocycles. The van der Waals surface area contributed by atoms with Gasteiger partial charge in [-0.1, -0.05) is 30.3 Å². The van der Waals surface area contributed by atoms with Gasteiger partial charge in [0.05, 0.1) is 12.0 Å². The Bertz CT molecular complexity index is 502. The first-order valence-electron chi connectivity index (χ1n) is 7.22. The molecule has 21 heavy (non-hydrogen) atoms. The molecule has 1 heterocycles. The van der Waals surface area contributed by atoms with Crippen molar-refractivity contribution in [1.82, 2.24) is 9.80 Å². The van der Waals surface area contributed by atoms with Crippen LogP contribution in [-0.2, 0) is 9.59 Å². The fourth-order valence-corrected chi connectivity index (χ4v) is 2.85. The molecular formula is C16H22N2O3. The van der Waals surface area contributed by atoms with Crippen molar-refractivity contribution in [2.45, 2.75) is 18.9 Å². The van der Waals surface area contributed by atoms with E-state index in [1.807, 2.05) is 49.3 Å². The molecule has 114 valence electrons. The number of amides is 1. The van der Waals surface area contributed by atoms with Crippen molar-refractivity contribution in [3.63, 3.8) is 0 Å². The number of nitrogens with zero attached hydrogens (tertiary/aromatic N) is 2. The number of rotatable bonds is 5. The van der Waals surface area contributed by atoms with E-state index in [9.17, 15) is 14.7 Å². The van der Waals surface area contributed by atoms with Crippen LogP contribution in [0.2, 0.25) is 0 Å².